The van der Waals surface area contributed by atoms with Gasteiger partial charge >= 0.3 is 5.63 Å². The van der Waals surface area contributed by atoms with E-state index in [-0.39, 0.29) is 5.63 Å². The number of para-hydroxylation sites is 1. The van der Waals surface area contributed by atoms with Gasteiger partial charge in [0.15, 0.2) is 0 Å². The van der Waals surface area contributed by atoms with Crippen LogP contribution >= 0.6 is 0 Å². The summed E-state index contributed by atoms with van der Waals surface area (Å²) in [5.41, 5.74) is 0.877. The Kier molecular flexibility index (Phi) is 3.82. The molecule has 0 unspecified atom stereocenters. The van der Waals surface area contributed by atoms with Crippen molar-refractivity contribution in [3.8, 4) is 0 Å². The minimum Gasteiger partial charge on any atom is -0.494 e. The number of fused-ring (bicyclic) bond motifs is 1. The van der Waals surface area contributed by atoms with Crippen LogP contribution in [0.15, 0.2) is 46.1 Å². The van der Waals surface area contributed by atoms with E-state index < -0.39 is 0 Å². The van der Waals surface area contributed by atoms with Gasteiger partial charge in [0.25, 0.3) is 0 Å². The van der Waals surface area contributed by atoms with Crippen LogP contribution in [0.1, 0.15) is 25.3 Å². The van der Waals surface area contributed by atoms with Crippen LogP contribution in [0, 0.1) is 0 Å². The standard InChI is InChI=1S/C15H16O3/c1-3-4-9-17-11(2)13-10-15(16)18-14-8-6-5-7-12(13)14/h5-8,10H,2-4,9H2,1H3. The molecular weight excluding hydrogens is 228 g/mol. The van der Waals surface area contributed by atoms with Crippen molar-refractivity contribution in [2.75, 3.05) is 6.61 Å². The van der Waals surface area contributed by atoms with Gasteiger partial charge in [-0.15, -0.1) is 0 Å². The third-order valence-corrected chi connectivity index (χ3v) is 2.72. The van der Waals surface area contributed by atoms with E-state index in [9.17, 15) is 4.79 Å². The normalized spacial score (nSPS) is 10.5. The van der Waals surface area contributed by atoms with E-state index in [0.717, 1.165) is 18.2 Å². The monoisotopic (exact) mass is 244 g/mol. The van der Waals surface area contributed by atoms with Gasteiger partial charge in [-0.2, -0.15) is 0 Å². The Morgan fingerprint density at radius 1 is 1.39 bits per heavy atom. The molecule has 0 atom stereocenters. The Balaban J connectivity index is 2.37. The highest BCUT2D eigenvalue weighted by Crippen LogP contribution is 2.23. The molecule has 0 aliphatic rings. The first kappa shape index (κ1) is 12.4. The summed E-state index contributed by atoms with van der Waals surface area (Å²) >= 11 is 0. The molecule has 0 N–H and O–H groups in total. The summed E-state index contributed by atoms with van der Waals surface area (Å²) in [7, 11) is 0. The quantitative estimate of drug-likeness (QED) is 0.458. The van der Waals surface area contributed by atoms with Crippen LogP contribution in [0.5, 0.6) is 0 Å². The van der Waals surface area contributed by atoms with Gasteiger partial charge in [0, 0.05) is 17.0 Å². The van der Waals surface area contributed by atoms with Gasteiger partial charge in [-0.3, -0.25) is 0 Å². The highest BCUT2D eigenvalue weighted by Gasteiger charge is 2.08. The van der Waals surface area contributed by atoms with Crippen molar-refractivity contribution in [1.29, 1.82) is 0 Å². The molecule has 3 nitrogen and oxygen atoms in total. The zero-order chi connectivity index (χ0) is 13.0. The van der Waals surface area contributed by atoms with Crippen LogP contribution in [0.4, 0.5) is 0 Å². The largest absolute Gasteiger partial charge is 0.494 e. The van der Waals surface area contributed by atoms with Crippen LogP contribution in [-0.2, 0) is 4.74 Å². The molecule has 0 radical (unpaired) electrons. The first-order valence-electron chi connectivity index (χ1n) is 6.07. The van der Waals surface area contributed by atoms with E-state index in [1.54, 1.807) is 6.07 Å². The molecule has 0 spiro atoms. The average molecular weight is 244 g/mol. The minimum atomic E-state index is -0.385. The van der Waals surface area contributed by atoms with Gasteiger partial charge in [-0.25, -0.2) is 4.79 Å². The van der Waals surface area contributed by atoms with E-state index in [0.29, 0.717) is 23.5 Å². The van der Waals surface area contributed by atoms with Gasteiger partial charge < -0.3 is 9.15 Å². The summed E-state index contributed by atoms with van der Waals surface area (Å²) in [6, 6.07) is 8.80. The molecule has 18 heavy (non-hydrogen) atoms. The highest BCUT2D eigenvalue weighted by atomic mass is 16.5. The van der Waals surface area contributed by atoms with Crippen molar-refractivity contribution in [3.05, 3.63) is 52.9 Å². The van der Waals surface area contributed by atoms with Crippen LogP contribution < -0.4 is 5.63 Å². The van der Waals surface area contributed by atoms with Crippen LogP contribution in [0.25, 0.3) is 16.7 Å². The second-order valence-electron chi connectivity index (χ2n) is 4.10. The lowest BCUT2D eigenvalue weighted by Gasteiger charge is -2.10. The Morgan fingerprint density at radius 3 is 2.94 bits per heavy atom. The lowest BCUT2D eigenvalue weighted by atomic mass is 10.1. The fourth-order valence-corrected chi connectivity index (χ4v) is 1.76. The Hall–Kier alpha value is -2.03. The third kappa shape index (κ3) is 2.62. The second-order valence-corrected chi connectivity index (χ2v) is 4.10. The molecule has 0 amide bonds. The maximum absolute atomic E-state index is 11.5. The summed E-state index contributed by atoms with van der Waals surface area (Å²) in [5.74, 6) is 0.521. The summed E-state index contributed by atoms with van der Waals surface area (Å²) in [4.78, 5) is 11.5. The maximum Gasteiger partial charge on any atom is 0.336 e. The van der Waals surface area contributed by atoms with Crippen molar-refractivity contribution in [2.24, 2.45) is 0 Å². The molecule has 1 aromatic heterocycles. The van der Waals surface area contributed by atoms with Gasteiger partial charge in [0.05, 0.1) is 6.61 Å². The molecule has 2 rings (SSSR count). The first-order chi connectivity index (χ1) is 8.72. The number of hydrogen-bond acceptors (Lipinski definition) is 3. The molecule has 0 fully saturated rings. The molecule has 94 valence electrons. The predicted molar refractivity (Wildman–Crippen MR) is 72.4 cm³/mol. The zero-order valence-electron chi connectivity index (χ0n) is 10.4. The van der Waals surface area contributed by atoms with Gasteiger partial charge in [0.1, 0.15) is 11.3 Å². The maximum atomic E-state index is 11.5. The van der Waals surface area contributed by atoms with Crippen LogP contribution in [-0.4, -0.2) is 6.61 Å². The number of unbranched alkanes of at least 4 members (excludes halogenated alkanes) is 1. The molecule has 0 aliphatic carbocycles. The molecule has 1 aromatic carbocycles. The van der Waals surface area contributed by atoms with Crippen molar-refractivity contribution >= 4 is 16.7 Å². The second kappa shape index (κ2) is 5.54. The zero-order valence-corrected chi connectivity index (χ0v) is 10.4. The topological polar surface area (TPSA) is 39.4 Å². The van der Waals surface area contributed by atoms with E-state index in [1.807, 2.05) is 18.2 Å². The van der Waals surface area contributed by atoms with Crippen molar-refractivity contribution in [3.63, 3.8) is 0 Å². The smallest absolute Gasteiger partial charge is 0.336 e. The third-order valence-electron chi connectivity index (χ3n) is 2.72. The van der Waals surface area contributed by atoms with Crippen LogP contribution in [0.2, 0.25) is 0 Å². The minimum absolute atomic E-state index is 0.385. The van der Waals surface area contributed by atoms with Crippen molar-refractivity contribution in [2.45, 2.75) is 19.8 Å². The van der Waals surface area contributed by atoms with E-state index in [1.165, 1.54) is 6.07 Å². The van der Waals surface area contributed by atoms with Crippen molar-refractivity contribution < 1.29 is 9.15 Å². The van der Waals surface area contributed by atoms with Gasteiger partial charge in [-0.1, -0.05) is 38.1 Å². The molecule has 0 aliphatic heterocycles. The lowest BCUT2D eigenvalue weighted by molar-refractivity contribution is 0.271. The number of ether oxygens (including phenoxy) is 1. The highest BCUT2D eigenvalue weighted by molar-refractivity contribution is 5.88. The van der Waals surface area contributed by atoms with E-state index in [2.05, 4.69) is 13.5 Å². The number of rotatable bonds is 5. The summed E-state index contributed by atoms with van der Waals surface area (Å²) in [5, 5.41) is 0.846. The van der Waals surface area contributed by atoms with E-state index >= 15 is 0 Å². The molecule has 1 heterocycles. The molecule has 3 heteroatoms. The average Bonchev–Trinajstić information content (AvgIpc) is 2.38. The number of benzene rings is 1. The molecule has 2 aromatic rings. The molecule has 0 bridgehead atoms. The van der Waals surface area contributed by atoms with Crippen LogP contribution in [0.3, 0.4) is 0 Å². The molecular formula is C15H16O3. The molecule has 0 saturated heterocycles. The Labute approximate surface area is 106 Å². The van der Waals surface area contributed by atoms with Gasteiger partial charge in [0.2, 0.25) is 0 Å². The molecule has 0 saturated carbocycles. The first-order valence-corrected chi connectivity index (χ1v) is 6.07. The fourth-order valence-electron chi connectivity index (χ4n) is 1.76. The summed E-state index contributed by atoms with van der Waals surface area (Å²) in [6.45, 7) is 6.60. The lowest BCUT2D eigenvalue weighted by Crippen LogP contribution is -2.02. The van der Waals surface area contributed by atoms with Crippen molar-refractivity contribution in [1.82, 2.24) is 0 Å². The van der Waals surface area contributed by atoms with Gasteiger partial charge in [-0.05, 0) is 12.5 Å². The summed E-state index contributed by atoms with van der Waals surface area (Å²) in [6.07, 6.45) is 2.03. The SMILES string of the molecule is C=C(OCCCC)c1cc(=O)oc2ccccc12. The Morgan fingerprint density at radius 2 is 2.17 bits per heavy atom. The Bertz CT molecular complexity index is 610. The number of hydrogen-bond donors (Lipinski definition) is 0. The van der Waals surface area contributed by atoms with E-state index in [4.69, 9.17) is 9.15 Å². The predicted octanol–water partition coefficient (Wildman–Crippen LogP) is 3.58. The fraction of sp³-hybridized carbons (Fsp3) is 0.267. The summed E-state index contributed by atoms with van der Waals surface area (Å²) < 4.78 is 10.7.